The Morgan fingerprint density at radius 3 is 3.21 bits per heavy atom. The van der Waals surface area contributed by atoms with Crippen molar-refractivity contribution in [2.75, 3.05) is 0 Å². The van der Waals surface area contributed by atoms with Gasteiger partial charge in [-0.3, -0.25) is 0 Å². The number of rotatable bonds is 2. The lowest BCUT2D eigenvalue weighted by molar-refractivity contribution is 0.373. The first kappa shape index (κ1) is 9.20. The van der Waals surface area contributed by atoms with Crippen LogP contribution in [0.2, 0.25) is 0 Å². The molecular weight excluding hydrogens is 175 g/mol. The van der Waals surface area contributed by atoms with Crippen LogP contribution in [0.4, 0.5) is 4.39 Å². The van der Waals surface area contributed by atoms with Gasteiger partial charge in [0, 0.05) is 5.92 Å². The van der Waals surface area contributed by atoms with Crippen LogP contribution in [-0.4, -0.2) is 6.17 Å². The van der Waals surface area contributed by atoms with E-state index in [1.165, 1.54) is 0 Å². The lowest BCUT2D eigenvalue weighted by Gasteiger charge is -2.12. The van der Waals surface area contributed by atoms with Gasteiger partial charge < -0.3 is 0 Å². The normalized spacial score (nSPS) is 21.4. The molecule has 1 radical (unpaired) electrons. The first-order chi connectivity index (χ1) is 6.83. The van der Waals surface area contributed by atoms with Crippen molar-refractivity contribution in [3.63, 3.8) is 0 Å². The molecule has 0 fully saturated rings. The van der Waals surface area contributed by atoms with E-state index in [0.29, 0.717) is 0 Å². The molecule has 2 atom stereocenters. The highest BCUT2D eigenvalue weighted by atomic mass is 19.1. The van der Waals surface area contributed by atoms with Crippen LogP contribution in [0.5, 0.6) is 0 Å². The number of halogens is 1. The van der Waals surface area contributed by atoms with Crippen LogP contribution in [0.1, 0.15) is 24.0 Å². The molecule has 0 amide bonds. The first-order valence-corrected chi connectivity index (χ1v) is 4.78. The third-order valence-corrected chi connectivity index (χ3v) is 2.49. The molecule has 1 aliphatic carbocycles. The van der Waals surface area contributed by atoms with Crippen LogP contribution in [0, 0.1) is 6.07 Å². The Kier molecular flexibility index (Phi) is 2.49. The summed E-state index contributed by atoms with van der Waals surface area (Å²) in [5, 5.41) is 0. The first-order valence-electron chi connectivity index (χ1n) is 4.78. The topological polar surface area (TPSA) is 0 Å². The molecule has 0 bridgehead atoms. The molecule has 1 aliphatic rings. The fraction of sp³-hybridized carbons (Fsp3) is 0.231. The van der Waals surface area contributed by atoms with Crippen molar-refractivity contribution in [1.29, 1.82) is 0 Å². The molecule has 0 saturated heterocycles. The number of fused-ring (bicyclic) bond motifs is 1. The fourth-order valence-electron chi connectivity index (χ4n) is 1.79. The molecule has 14 heavy (non-hydrogen) atoms. The van der Waals surface area contributed by atoms with E-state index in [4.69, 9.17) is 0 Å². The Hall–Kier alpha value is -1.37. The Balaban J connectivity index is 2.30. The maximum Gasteiger partial charge on any atom is 0.129 e. The maximum absolute atomic E-state index is 13.6. The summed E-state index contributed by atoms with van der Waals surface area (Å²) in [6.07, 6.45) is 6.32. The molecule has 2 unspecified atom stereocenters. The zero-order chi connectivity index (χ0) is 9.97. The second-order valence-electron chi connectivity index (χ2n) is 3.41. The van der Waals surface area contributed by atoms with Crippen molar-refractivity contribution in [2.45, 2.75) is 19.0 Å². The standard InChI is InChI=1S/C13H12F/c1-2-5-13(14)12-9-8-10-6-3-4-7-11(10)12/h2-3,5-9,12-13H,1H3/b5-2+. The monoisotopic (exact) mass is 187 g/mol. The van der Waals surface area contributed by atoms with E-state index >= 15 is 0 Å². The molecule has 0 nitrogen and oxygen atoms in total. The van der Waals surface area contributed by atoms with Gasteiger partial charge in [-0.1, -0.05) is 36.4 Å². The maximum atomic E-state index is 13.6. The highest BCUT2D eigenvalue weighted by Crippen LogP contribution is 2.33. The Bertz CT molecular complexity index is 377. The lowest BCUT2D eigenvalue weighted by atomic mass is 9.96. The van der Waals surface area contributed by atoms with Gasteiger partial charge in [-0.05, 0) is 30.2 Å². The smallest absolute Gasteiger partial charge is 0.129 e. The van der Waals surface area contributed by atoms with E-state index in [1.807, 2.05) is 37.3 Å². The minimum absolute atomic E-state index is 0.126. The lowest BCUT2D eigenvalue weighted by Crippen LogP contribution is -2.07. The summed E-state index contributed by atoms with van der Waals surface area (Å²) in [4.78, 5) is 0. The largest absolute Gasteiger partial charge is 0.242 e. The number of alkyl halides is 1. The summed E-state index contributed by atoms with van der Waals surface area (Å²) in [6.45, 7) is 1.84. The third kappa shape index (κ3) is 1.50. The minimum Gasteiger partial charge on any atom is -0.242 e. The summed E-state index contributed by atoms with van der Waals surface area (Å²) in [5.41, 5.74) is 2.15. The quantitative estimate of drug-likeness (QED) is 0.621. The van der Waals surface area contributed by atoms with Gasteiger partial charge in [-0.2, -0.15) is 0 Å². The highest BCUT2D eigenvalue weighted by Gasteiger charge is 2.23. The van der Waals surface area contributed by atoms with Crippen LogP contribution in [0.25, 0.3) is 6.08 Å². The van der Waals surface area contributed by atoms with Gasteiger partial charge in [0.25, 0.3) is 0 Å². The van der Waals surface area contributed by atoms with Gasteiger partial charge in [0.2, 0.25) is 0 Å². The molecule has 0 aromatic heterocycles. The fourth-order valence-corrected chi connectivity index (χ4v) is 1.79. The summed E-state index contributed by atoms with van der Waals surface area (Å²) in [5.74, 6) is -0.126. The van der Waals surface area contributed by atoms with Gasteiger partial charge in [0.1, 0.15) is 6.17 Å². The van der Waals surface area contributed by atoms with Gasteiger partial charge >= 0.3 is 0 Å². The zero-order valence-electron chi connectivity index (χ0n) is 8.07. The highest BCUT2D eigenvalue weighted by molar-refractivity contribution is 5.62. The van der Waals surface area contributed by atoms with E-state index in [1.54, 1.807) is 12.2 Å². The van der Waals surface area contributed by atoms with Crippen molar-refractivity contribution in [3.8, 4) is 0 Å². The van der Waals surface area contributed by atoms with Gasteiger partial charge in [0.05, 0.1) is 0 Å². The Labute approximate surface area is 83.8 Å². The molecule has 0 aliphatic heterocycles. The summed E-state index contributed by atoms with van der Waals surface area (Å²) < 4.78 is 13.6. The Morgan fingerprint density at radius 2 is 2.43 bits per heavy atom. The number of allylic oxidation sites excluding steroid dienone is 3. The molecule has 0 heterocycles. The molecule has 2 rings (SSSR count). The van der Waals surface area contributed by atoms with E-state index in [9.17, 15) is 4.39 Å². The number of hydrogen-bond acceptors (Lipinski definition) is 0. The molecule has 0 saturated carbocycles. The minimum atomic E-state index is -0.923. The van der Waals surface area contributed by atoms with Crippen molar-refractivity contribution >= 4 is 6.08 Å². The molecule has 0 spiro atoms. The molecular formula is C13H12F. The van der Waals surface area contributed by atoms with Crippen LogP contribution < -0.4 is 0 Å². The third-order valence-electron chi connectivity index (χ3n) is 2.49. The predicted molar refractivity (Wildman–Crippen MR) is 56.8 cm³/mol. The second-order valence-corrected chi connectivity index (χ2v) is 3.41. The molecule has 0 N–H and O–H groups in total. The summed E-state index contributed by atoms with van der Waals surface area (Å²) in [7, 11) is 0. The van der Waals surface area contributed by atoms with E-state index in [2.05, 4.69) is 6.07 Å². The Morgan fingerprint density at radius 1 is 1.57 bits per heavy atom. The summed E-state index contributed by atoms with van der Waals surface area (Å²) in [6, 6.07) is 8.68. The van der Waals surface area contributed by atoms with Gasteiger partial charge in [-0.15, -0.1) is 0 Å². The van der Waals surface area contributed by atoms with Gasteiger partial charge in [-0.25, -0.2) is 4.39 Å². The van der Waals surface area contributed by atoms with Crippen LogP contribution >= 0.6 is 0 Å². The average Bonchev–Trinajstić information content (AvgIpc) is 2.61. The van der Waals surface area contributed by atoms with Crippen LogP contribution in [0.15, 0.2) is 36.4 Å². The molecule has 1 heteroatoms. The molecule has 71 valence electrons. The van der Waals surface area contributed by atoms with Crippen LogP contribution in [0.3, 0.4) is 0 Å². The summed E-state index contributed by atoms with van der Waals surface area (Å²) >= 11 is 0. The van der Waals surface area contributed by atoms with Crippen molar-refractivity contribution in [3.05, 3.63) is 53.6 Å². The number of benzene rings is 1. The van der Waals surface area contributed by atoms with E-state index in [-0.39, 0.29) is 5.92 Å². The van der Waals surface area contributed by atoms with Crippen LogP contribution in [-0.2, 0) is 0 Å². The van der Waals surface area contributed by atoms with Crippen molar-refractivity contribution in [1.82, 2.24) is 0 Å². The molecule has 1 aromatic carbocycles. The zero-order valence-corrected chi connectivity index (χ0v) is 8.07. The number of hydrogen-bond donors (Lipinski definition) is 0. The van der Waals surface area contributed by atoms with E-state index < -0.39 is 6.17 Å². The SMILES string of the molecule is C/C=C/C(F)C1C=Cc2cc[c]cc21. The average molecular weight is 187 g/mol. The van der Waals surface area contributed by atoms with E-state index in [0.717, 1.165) is 11.1 Å². The second kappa shape index (κ2) is 3.79. The van der Waals surface area contributed by atoms with Gasteiger partial charge in [0.15, 0.2) is 0 Å². The molecule has 1 aromatic rings. The predicted octanol–water partition coefficient (Wildman–Crippen LogP) is 3.51. The van der Waals surface area contributed by atoms with Crippen molar-refractivity contribution < 1.29 is 4.39 Å². The van der Waals surface area contributed by atoms with Crippen molar-refractivity contribution in [2.24, 2.45) is 0 Å².